The maximum Gasteiger partial charge on any atom is 0.306 e. The maximum atomic E-state index is 13.1. The second kappa shape index (κ2) is 43.0. The van der Waals surface area contributed by atoms with Crippen molar-refractivity contribution in [3.63, 3.8) is 0 Å². The minimum absolute atomic E-state index is 0.0413. The van der Waals surface area contributed by atoms with Gasteiger partial charge in [-0.2, -0.15) is 0 Å². The van der Waals surface area contributed by atoms with Gasteiger partial charge in [0.15, 0.2) is 0 Å². The lowest BCUT2D eigenvalue weighted by atomic mass is 10.0. The number of allylic oxidation sites excluding steroid dienone is 8. The van der Waals surface area contributed by atoms with Crippen LogP contribution in [0.2, 0.25) is 0 Å². The summed E-state index contributed by atoms with van der Waals surface area (Å²) in [5.74, 6) is -0.530. The van der Waals surface area contributed by atoms with E-state index < -0.39 is 18.2 Å². The molecule has 320 valence electrons. The second-order valence-corrected chi connectivity index (χ2v) is 15.8. The normalized spacial score (nSPS) is 13.8. The molecule has 0 heterocycles. The lowest BCUT2D eigenvalue weighted by Crippen LogP contribution is -2.46. The molecule has 3 N–H and O–H groups in total. The first-order valence-electron chi connectivity index (χ1n) is 23.4. The van der Waals surface area contributed by atoms with Crippen molar-refractivity contribution < 1.29 is 24.5 Å². The second-order valence-electron chi connectivity index (χ2n) is 15.8. The van der Waals surface area contributed by atoms with Crippen molar-refractivity contribution >= 4 is 11.9 Å². The number of amides is 1. The van der Waals surface area contributed by atoms with Gasteiger partial charge in [-0.3, -0.25) is 9.59 Å². The summed E-state index contributed by atoms with van der Waals surface area (Å²) >= 11 is 0. The van der Waals surface area contributed by atoms with Gasteiger partial charge in [0.1, 0.15) is 6.10 Å². The minimum atomic E-state index is -0.798. The molecular weight excluding hydrogens is 683 g/mol. The van der Waals surface area contributed by atoms with Crippen molar-refractivity contribution in [2.75, 3.05) is 6.61 Å². The largest absolute Gasteiger partial charge is 0.462 e. The molecule has 0 aromatic heterocycles. The van der Waals surface area contributed by atoms with Gasteiger partial charge in [-0.15, -0.1) is 0 Å². The van der Waals surface area contributed by atoms with Crippen LogP contribution in [0.4, 0.5) is 0 Å². The SMILES string of the molecule is CCCCC/C=C\C/C=C\C/C=C\C/C=C\CCCC(CC(=O)NC(CO)C(O)CCCCCCCCCCCC)OC(=O)CCCCCCCCCCC. The number of rotatable bonds is 41. The zero-order chi connectivity index (χ0) is 40.3. The lowest BCUT2D eigenvalue weighted by molar-refractivity contribution is -0.151. The molecule has 0 aromatic rings. The van der Waals surface area contributed by atoms with Crippen molar-refractivity contribution in [2.24, 2.45) is 0 Å². The van der Waals surface area contributed by atoms with E-state index in [0.717, 1.165) is 70.6 Å². The number of unbranched alkanes of at least 4 members (excludes halogenated alkanes) is 21. The first-order valence-corrected chi connectivity index (χ1v) is 23.4. The fourth-order valence-electron chi connectivity index (χ4n) is 6.83. The van der Waals surface area contributed by atoms with Gasteiger partial charge < -0.3 is 20.3 Å². The fraction of sp³-hybridized carbons (Fsp3) is 0.796. The molecule has 0 rings (SSSR count). The Hall–Kier alpha value is -2.18. The Morgan fingerprint density at radius 2 is 0.945 bits per heavy atom. The molecule has 0 aliphatic carbocycles. The van der Waals surface area contributed by atoms with Crippen molar-refractivity contribution in [1.82, 2.24) is 5.32 Å². The van der Waals surface area contributed by atoms with E-state index in [4.69, 9.17) is 4.74 Å². The summed E-state index contributed by atoms with van der Waals surface area (Å²) in [5, 5.41) is 23.6. The number of hydrogen-bond donors (Lipinski definition) is 3. The Morgan fingerprint density at radius 3 is 1.44 bits per heavy atom. The number of hydrogen-bond acceptors (Lipinski definition) is 5. The Labute approximate surface area is 340 Å². The molecule has 3 unspecified atom stereocenters. The van der Waals surface area contributed by atoms with Gasteiger partial charge in [-0.25, -0.2) is 0 Å². The van der Waals surface area contributed by atoms with E-state index in [0.29, 0.717) is 19.3 Å². The Balaban J connectivity index is 4.69. The topological polar surface area (TPSA) is 95.9 Å². The molecular formula is C49H89NO5. The lowest BCUT2D eigenvalue weighted by Gasteiger charge is -2.24. The molecule has 55 heavy (non-hydrogen) atoms. The van der Waals surface area contributed by atoms with E-state index in [-0.39, 0.29) is 24.9 Å². The molecule has 6 heteroatoms. The first-order chi connectivity index (χ1) is 27.0. The van der Waals surface area contributed by atoms with Crippen LogP contribution >= 0.6 is 0 Å². The molecule has 3 atom stereocenters. The van der Waals surface area contributed by atoms with Crippen molar-refractivity contribution in [3.05, 3.63) is 48.6 Å². The van der Waals surface area contributed by atoms with E-state index in [1.165, 1.54) is 109 Å². The number of carbonyl (C=O) groups is 2. The van der Waals surface area contributed by atoms with Crippen LogP contribution in [0, 0.1) is 0 Å². The van der Waals surface area contributed by atoms with Crippen LogP contribution < -0.4 is 5.32 Å². The van der Waals surface area contributed by atoms with Crippen molar-refractivity contribution in [2.45, 2.75) is 244 Å². The Bertz CT molecular complexity index is 957. The van der Waals surface area contributed by atoms with E-state index in [1.54, 1.807) is 0 Å². The van der Waals surface area contributed by atoms with Crippen LogP contribution in [-0.4, -0.2) is 46.9 Å². The number of carbonyl (C=O) groups excluding carboxylic acids is 2. The van der Waals surface area contributed by atoms with Gasteiger partial charge in [0.25, 0.3) is 0 Å². The van der Waals surface area contributed by atoms with Crippen LogP contribution in [0.3, 0.4) is 0 Å². The molecule has 0 aliphatic heterocycles. The number of nitrogens with one attached hydrogen (secondary N) is 1. The minimum Gasteiger partial charge on any atom is -0.462 e. The average molecular weight is 772 g/mol. The number of ether oxygens (including phenoxy) is 1. The van der Waals surface area contributed by atoms with E-state index in [1.807, 2.05) is 0 Å². The van der Waals surface area contributed by atoms with Gasteiger partial charge in [0.2, 0.25) is 5.91 Å². The summed E-state index contributed by atoms with van der Waals surface area (Å²) in [5.41, 5.74) is 0. The zero-order valence-electron chi connectivity index (χ0n) is 36.3. The predicted octanol–water partition coefficient (Wildman–Crippen LogP) is 13.5. The summed E-state index contributed by atoms with van der Waals surface area (Å²) in [4.78, 5) is 25.9. The molecule has 0 saturated heterocycles. The molecule has 0 saturated carbocycles. The van der Waals surface area contributed by atoms with Crippen LogP contribution in [0.15, 0.2) is 48.6 Å². The Morgan fingerprint density at radius 1 is 0.527 bits per heavy atom. The molecule has 1 amide bonds. The maximum absolute atomic E-state index is 13.1. The van der Waals surface area contributed by atoms with Crippen LogP contribution in [0.1, 0.15) is 226 Å². The van der Waals surface area contributed by atoms with Crippen molar-refractivity contribution in [3.8, 4) is 0 Å². The third-order valence-corrected chi connectivity index (χ3v) is 10.4. The molecule has 0 radical (unpaired) electrons. The Kier molecular flexibility index (Phi) is 41.2. The summed E-state index contributed by atoms with van der Waals surface area (Å²) < 4.78 is 5.87. The highest BCUT2D eigenvalue weighted by atomic mass is 16.5. The first kappa shape index (κ1) is 52.8. The third-order valence-electron chi connectivity index (χ3n) is 10.4. The predicted molar refractivity (Wildman–Crippen MR) is 236 cm³/mol. The molecule has 0 aromatic carbocycles. The van der Waals surface area contributed by atoms with Crippen LogP contribution in [-0.2, 0) is 14.3 Å². The van der Waals surface area contributed by atoms with Crippen LogP contribution in [0.5, 0.6) is 0 Å². The molecule has 0 spiro atoms. The van der Waals surface area contributed by atoms with Gasteiger partial charge in [-0.1, -0.05) is 198 Å². The number of aliphatic hydroxyl groups is 2. The fourth-order valence-corrected chi connectivity index (χ4v) is 6.83. The third kappa shape index (κ3) is 38.5. The van der Waals surface area contributed by atoms with Crippen molar-refractivity contribution in [1.29, 1.82) is 0 Å². The summed E-state index contributed by atoms with van der Waals surface area (Å²) in [6, 6.07) is -0.715. The zero-order valence-corrected chi connectivity index (χ0v) is 36.3. The highest BCUT2D eigenvalue weighted by Crippen LogP contribution is 2.16. The molecule has 0 bridgehead atoms. The van der Waals surface area contributed by atoms with Crippen LogP contribution in [0.25, 0.3) is 0 Å². The highest BCUT2D eigenvalue weighted by Gasteiger charge is 2.24. The summed E-state index contributed by atoms with van der Waals surface area (Å²) in [6.07, 6.45) is 50.3. The standard InChI is InChI=1S/C49H89NO5/c1-4-7-10-13-16-19-21-22-23-24-25-26-27-29-31-34-37-40-45(55-49(54)42-39-36-33-28-18-15-12-9-6-3)43-48(53)50-46(44-51)47(52)41-38-35-32-30-20-17-14-11-8-5-2/h16,19,22-23,25-26,29,31,45-47,51-52H,4-15,17-18,20-21,24,27-28,30,32-44H2,1-3H3,(H,50,53)/b19-16-,23-22-,26-25-,31-29-. The highest BCUT2D eigenvalue weighted by molar-refractivity contribution is 5.77. The van der Waals surface area contributed by atoms with E-state index in [2.05, 4.69) is 74.7 Å². The van der Waals surface area contributed by atoms with E-state index >= 15 is 0 Å². The average Bonchev–Trinajstić information content (AvgIpc) is 3.18. The molecule has 0 fully saturated rings. The monoisotopic (exact) mass is 772 g/mol. The smallest absolute Gasteiger partial charge is 0.306 e. The summed E-state index contributed by atoms with van der Waals surface area (Å²) in [7, 11) is 0. The molecule has 6 nitrogen and oxygen atoms in total. The quantitative estimate of drug-likeness (QED) is 0.0327. The summed E-state index contributed by atoms with van der Waals surface area (Å²) in [6.45, 7) is 6.39. The van der Waals surface area contributed by atoms with Gasteiger partial charge in [0, 0.05) is 6.42 Å². The van der Waals surface area contributed by atoms with Gasteiger partial charge in [0.05, 0.1) is 25.2 Å². The number of aliphatic hydroxyl groups excluding tert-OH is 2. The van der Waals surface area contributed by atoms with E-state index in [9.17, 15) is 19.8 Å². The molecule has 0 aliphatic rings. The van der Waals surface area contributed by atoms with Gasteiger partial charge in [-0.05, 0) is 64.2 Å². The number of esters is 1. The van der Waals surface area contributed by atoms with Gasteiger partial charge >= 0.3 is 5.97 Å².